The molecule has 0 aliphatic carbocycles. The maximum Gasteiger partial charge on any atom is 0.242 e. The summed E-state index contributed by atoms with van der Waals surface area (Å²) in [7, 11) is 1.54. The normalized spacial score (nSPS) is 10.1. The predicted molar refractivity (Wildman–Crippen MR) is 61.0 cm³/mol. The van der Waals surface area contributed by atoms with Crippen LogP contribution in [0.5, 0.6) is 5.88 Å². The quantitative estimate of drug-likeness (QED) is 0.822. The molecule has 0 aromatic carbocycles. The standard InChI is InChI=1S/C11H12N4O/c1-7-5-8(12)9(15-6-7)10-11(16-2)14-4-3-13-10/h3-6H,12H2,1-2H3. The van der Waals surface area contributed by atoms with E-state index in [1.807, 2.05) is 13.0 Å². The van der Waals surface area contributed by atoms with Crippen molar-refractivity contribution < 1.29 is 4.74 Å². The Balaban J connectivity index is 2.58. The van der Waals surface area contributed by atoms with Crippen molar-refractivity contribution in [2.24, 2.45) is 0 Å². The summed E-state index contributed by atoms with van der Waals surface area (Å²) in [5, 5.41) is 0. The van der Waals surface area contributed by atoms with Gasteiger partial charge in [-0.05, 0) is 18.6 Å². The van der Waals surface area contributed by atoms with Gasteiger partial charge in [-0.15, -0.1) is 0 Å². The van der Waals surface area contributed by atoms with E-state index in [1.54, 1.807) is 18.6 Å². The van der Waals surface area contributed by atoms with Crippen molar-refractivity contribution in [1.29, 1.82) is 0 Å². The Hall–Kier alpha value is -2.17. The summed E-state index contributed by atoms with van der Waals surface area (Å²) in [6.07, 6.45) is 4.88. The zero-order chi connectivity index (χ0) is 11.5. The Bertz CT molecular complexity index is 513. The van der Waals surface area contributed by atoms with Crippen LogP contribution in [0.15, 0.2) is 24.7 Å². The zero-order valence-corrected chi connectivity index (χ0v) is 9.14. The van der Waals surface area contributed by atoms with Gasteiger partial charge in [0.05, 0.1) is 12.8 Å². The number of hydrogen-bond donors (Lipinski definition) is 1. The number of ether oxygens (including phenoxy) is 1. The molecule has 0 radical (unpaired) electrons. The molecule has 0 aliphatic rings. The summed E-state index contributed by atoms with van der Waals surface area (Å²) in [5.74, 6) is 0.422. The molecule has 5 nitrogen and oxygen atoms in total. The molecule has 2 aromatic rings. The van der Waals surface area contributed by atoms with Gasteiger partial charge >= 0.3 is 0 Å². The average molecular weight is 216 g/mol. The van der Waals surface area contributed by atoms with Gasteiger partial charge in [0.15, 0.2) is 5.69 Å². The van der Waals surface area contributed by atoms with Crippen LogP contribution < -0.4 is 10.5 Å². The summed E-state index contributed by atoms with van der Waals surface area (Å²) in [6.45, 7) is 1.93. The van der Waals surface area contributed by atoms with Crippen molar-refractivity contribution in [3.63, 3.8) is 0 Å². The van der Waals surface area contributed by atoms with Gasteiger partial charge in [-0.1, -0.05) is 0 Å². The number of hydrogen-bond acceptors (Lipinski definition) is 5. The van der Waals surface area contributed by atoms with Crippen molar-refractivity contribution in [3.05, 3.63) is 30.2 Å². The lowest BCUT2D eigenvalue weighted by molar-refractivity contribution is 0.397. The lowest BCUT2D eigenvalue weighted by Gasteiger charge is -2.07. The lowest BCUT2D eigenvalue weighted by atomic mass is 10.2. The molecule has 0 fully saturated rings. The number of pyridine rings is 1. The van der Waals surface area contributed by atoms with Crippen LogP contribution >= 0.6 is 0 Å². The predicted octanol–water partition coefficient (Wildman–Crippen LogP) is 1.44. The summed E-state index contributed by atoms with van der Waals surface area (Å²) >= 11 is 0. The lowest BCUT2D eigenvalue weighted by Crippen LogP contribution is -1.99. The Morgan fingerprint density at radius 1 is 1.12 bits per heavy atom. The van der Waals surface area contributed by atoms with Gasteiger partial charge < -0.3 is 10.5 Å². The van der Waals surface area contributed by atoms with Crippen LogP contribution in [0, 0.1) is 6.92 Å². The number of anilines is 1. The van der Waals surface area contributed by atoms with E-state index < -0.39 is 0 Å². The van der Waals surface area contributed by atoms with E-state index >= 15 is 0 Å². The molecule has 2 heterocycles. The first-order chi connectivity index (χ1) is 7.72. The van der Waals surface area contributed by atoms with E-state index in [9.17, 15) is 0 Å². The van der Waals surface area contributed by atoms with E-state index in [1.165, 1.54) is 7.11 Å². The monoisotopic (exact) mass is 216 g/mol. The van der Waals surface area contributed by atoms with Gasteiger partial charge in [-0.25, -0.2) is 9.97 Å². The fourth-order valence-corrected chi connectivity index (χ4v) is 1.43. The SMILES string of the molecule is COc1nccnc1-c1ncc(C)cc1N. The second-order valence-corrected chi connectivity index (χ2v) is 3.36. The molecule has 5 heteroatoms. The maximum absolute atomic E-state index is 5.89. The highest BCUT2D eigenvalue weighted by atomic mass is 16.5. The third-order valence-electron chi connectivity index (χ3n) is 2.14. The van der Waals surface area contributed by atoms with E-state index in [2.05, 4.69) is 15.0 Å². The maximum atomic E-state index is 5.89. The first-order valence-corrected chi connectivity index (χ1v) is 4.80. The molecule has 82 valence electrons. The minimum atomic E-state index is 0.422. The minimum absolute atomic E-state index is 0.422. The Morgan fingerprint density at radius 3 is 2.56 bits per heavy atom. The molecular weight excluding hydrogens is 204 g/mol. The summed E-state index contributed by atoms with van der Waals surface area (Å²) in [6, 6.07) is 1.84. The molecule has 0 amide bonds. The third kappa shape index (κ3) is 1.79. The third-order valence-corrected chi connectivity index (χ3v) is 2.14. The zero-order valence-electron chi connectivity index (χ0n) is 9.14. The molecule has 0 aliphatic heterocycles. The van der Waals surface area contributed by atoms with Gasteiger partial charge in [-0.3, -0.25) is 4.98 Å². The molecular formula is C11H12N4O. The Morgan fingerprint density at radius 2 is 1.88 bits per heavy atom. The number of rotatable bonds is 2. The number of methoxy groups -OCH3 is 1. The number of nitrogens with two attached hydrogens (primary N) is 1. The van der Waals surface area contributed by atoms with Crippen molar-refractivity contribution in [1.82, 2.24) is 15.0 Å². The largest absolute Gasteiger partial charge is 0.479 e. The Kier molecular flexibility index (Phi) is 2.68. The van der Waals surface area contributed by atoms with Gasteiger partial charge in [0, 0.05) is 18.6 Å². The van der Waals surface area contributed by atoms with Crippen LogP contribution in [0.3, 0.4) is 0 Å². The molecule has 0 bridgehead atoms. The van der Waals surface area contributed by atoms with Crippen LogP contribution in [0.2, 0.25) is 0 Å². The van der Waals surface area contributed by atoms with Crippen LogP contribution in [0.4, 0.5) is 5.69 Å². The van der Waals surface area contributed by atoms with Crippen molar-refractivity contribution in [2.75, 3.05) is 12.8 Å². The molecule has 0 saturated carbocycles. The van der Waals surface area contributed by atoms with Gasteiger partial charge in [0.2, 0.25) is 5.88 Å². The highest BCUT2D eigenvalue weighted by Gasteiger charge is 2.12. The number of nitrogens with zero attached hydrogens (tertiary/aromatic N) is 3. The van der Waals surface area contributed by atoms with E-state index in [0.29, 0.717) is 23.0 Å². The average Bonchev–Trinajstić information content (AvgIpc) is 2.29. The van der Waals surface area contributed by atoms with Crippen LogP contribution in [0.1, 0.15) is 5.56 Å². The minimum Gasteiger partial charge on any atom is -0.479 e. The molecule has 16 heavy (non-hydrogen) atoms. The van der Waals surface area contributed by atoms with Crippen LogP contribution in [-0.2, 0) is 0 Å². The van der Waals surface area contributed by atoms with E-state index in [-0.39, 0.29) is 0 Å². The first kappa shape index (κ1) is 10.4. The first-order valence-electron chi connectivity index (χ1n) is 4.80. The van der Waals surface area contributed by atoms with Crippen molar-refractivity contribution >= 4 is 5.69 Å². The van der Waals surface area contributed by atoms with Crippen molar-refractivity contribution in [3.8, 4) is 17.3 Å². The number of aromatic nitrogens is 3. The molecule has 0 saturated heterocycles. The second kappa shape index (κ2) is 4.14. The molecule has 2 aromatic heterocycles. The van der Waals surface area contributed by atoms with Gasteiger partial charge in [0.1, 0.15) is 5.69 Å². The van der Waals surface area contributed by atoms with Crippen LogP contribution in [0.25, 0.3) is 11.4 Å². The van der Waals surface area contributed by atoms with Gasteiger partial charge in [-0.2, -0.15) is 0 Å². The molecule has 2 rings (SSSR count). The summed E-state index contributed by atoms with van der Waals surface area (Å²) < 4.78 is 5.12. The Labute approximate surface area is 93.3 Å². The highest BCUT2D eigenvalue weighted by molar-refractivity contribution is 5.72. The number of nitrogen functional groups attached to an aromatic ring is 1. The summed E-state index contributed by atoms with van der Waals surface area (Å²) in [5.41, 5.74) is 8.61. The highest BCUT2D eigenvalue weighted by Crippen LogP contribution is 2.27. The molecule has 0 spiro atoms. The summed E-state index contributed by atoms with van der Waals surface area (Å²) in [4.78, 5) is 12.5. The fourth-order valence-electron chi connectivity index (χ4n) is 1.43. The second-order valence-electron chi connectivity index (χ2n) is 3.36. The van der Waals surface area contributed by atoms with E-state index in [0.717, 1.165) is 5.56 Å². The number of aryl methyl sites for hydroxylation is 1. The van der Waals surface area contributed by atoms with Gasteiger partial charge in [0.25, 0.3) is 0 Å². The van der Waals surface area contributed by atoms with Crippen LogP contribution in [-0.4, -0.2) is 22.1 Å². The molecule has 2 N–H and O–H groups in total. The van der Waals surface area contributed by atoms with Crippen molar-refractivity contribution in [2.45, 2.75) is 6.92 Å². The fraction of sp³-hybridized carbons (Fsp3) is 0.182. The molecule has 0 atom stereocenters. The molecule has 0 unspecified atom stereocenters. The van der Waals surface area contributed by atoms with E-state index in [4.69, 9.17) is 10.5 Å². The smallest absolute Gasteiger partial charge is 0.242 e. The topological polar surface area (TPSA) is 73.9 Å².